The van der Waals surface area contributed by atoms with Crippen LogP contribution in [-0.2, 0) is 4.74 Å². The van der Waals surface area contributed by atoms with Gasteiger partial charge in [0.2, 0.25) is 0 Å². The van der Waals surface area contributed by atoms with Gasteiger partial charge in [-0.15, -0.1) is 0 Å². The van der Waals surface area contributed by atoms with E-state index in [1.807, 2.05) is 6.92 Å². The number of rotatable bonds is 5. The fraction of sp³-hybridized carbons (Fsp3) is 1.00. The summed E-state index contributed by atoms with van der Waals surface area (Å²) in [6, 6.07) is 0.666. The van der Waals surface area contributed by atoms with Crippen LogP contribution >= 0.6 is 0 Å². The predicted molar refractivity (Wildman–Crippen MR) is 69.7 cm³/mol. The molecule has 2 nitrogen and oxygen atoms in total. The Bertz CT molecular complexity index is 195. The summed E-state index contributed by atoms with van der Waals surface area (Å²) in [7, 11) is 0. The summed E-state index contributed by atoms with van der Waals surface area (Å²) in [5, 5.41) is 3.64. The van der Waals surface area contributed by atoms with Gasteiger partial charge in [0.25, 0.3) is 0 Å². The van der Waals surface area contributed by atoms with E-state index in [-0.39, 0.29) is 0 Å². The summed E-state index contributed by atoms with van der Waals surface area (Å²) in [6.45, 7) is 14.3. The molecule has 0 spiro atoms. The van der Waals surface area contributed by atoms with Crippen LogP contribution in [-0.4, -0.2) is 25.8 Å². The van der Waals surface area contributed by atoms with Crippen molar-refractivity contribution in [3.8, 4) is 0 Å². The highest BCUT2D eigenvalue weighted by Gasteiger charge is 2.37. The summed E-state index contributed by atoms with van der Waals surface area (Å²) in [5.41, 5.74) is 0.954. The zero-order valence-corrected chi connectivity index (χ0v) is 11.7. The van der Waals surface area contributed by atoms with Gasteiger partial charge < -0.3 is 10.1 Å². The van der Waals surface area contributed by atoms with Crippen molar-refractivity contribution in [2.45, 2.75) is 59.9 Å². The van der Waals surface area contributed by atoms with Gasteiger partial charge in [0.15, 0.2) is 0 Å². The first kappa shape index (κ1) is 14.0. The van der Waals surface area contributed by atoms with Gasteiger partial charge in [0.1, 0.15) is 0 Å². The molecule has 1 rings (SSSR count). The lowest BCUT2D eigenvalue weighted by Gasteiger charge is -2.45. The van der Waals surface area contributed by atoms with Crippen LogP contribution in [0.25, 0.3) is 0 Å². The zero-order valence-electron chi connectivity index (χ0n) is 11.7. The monoisotopic (exact) mass is 227 g/mol. The molecule has 0 bridgehead atoms. The molecule has 1 fully saturated rings. The number of hydrogen-bond acceptors (Lipinski definition) is 2. The summed E-state index contributed by atoms with van der Waals surface area (Å²) in [6.07, 6.45) is 3.93. The summed E-state index contributed by atoms with van der Waals surface area (Å²) in [5.74, 6) is 0. The Morgan fingerprint density at radius 3 is 2.19 bits per heavy atom. The minimum Gasteiger partial charge on any atom is -0.380 e. The fourth-order valence-corrected chi connectivity index (χ4v) is 3.47. The van der Waals surface area contributed by atoms with Crippen LogP contribution in [0.3, 0.4) is 0 Å². The lowest BCUT2D eigenvalue weighted by Crippen LogP contribution is -2.44. The Kier molecular flexibility index (Phi) is 4.81. The molecule has 0 aromatic heterocycles. The van der Waals surface area contributed by atoms with Gasteiger partial charge in [-0.25, -0.2) is 0 Å². The van der Waals surface area contributed by atoms with Crippen molar-refractivity contribution in [2.75, 3.05) is 19.8 Å². The molecule has 96 valence electrons. The van der Waals surface area contributed by atoms with Gasteiger partial charge in [0, 0.05) is 19.2 Å². The van der Waals surface area contributed by atoms with E-state index in [2.05, 4.69) is 33.0 Å². The van der Waals surface area contributed by atoms with Crippen molar-refractivity contribution in [3.05, 3.63) is 0 Å². The van der Waals surface area contributed by atoms with Gasteiger partial charge >= 0.3 is 0 Å². The van der Waals surface area contributed by atoms with E-state index in [1.165, 1.54) is 19.3 Å². The molecule has 0 aromatic rings. The lowest BCUT2D eigenvalue weighted by atomic mass is 9.63. The molecule has 1 saturated carbocycles. The van der Waals surface area contributed by atoms with Crippen LogP contribution in [0.4, 0.5) is 0 Å². The summed E-state index contributed by atoms with van der Waals surface area (Å²) >= 11 is 0. The van der Waals surface area contributed by atoms with E-state index in [0.717, 1.165) is 19.8 Å². The predicted octanol–water partition coefficient (Wildman–Crippen LogP) is 3.22. The van der Waals surface area contributed by atoms with Crippen LogP contribution in [0.2, 0.25) is 0 Å². The third-order valence-corrected chi connectivity index (χ3v) is 3.44. The smallest absolute Gasteiger partial charge is 0.0590 e. The van der Waals surface area contributed by atoms with Gasteiger partial charge in [0.05, 0.1) is 6.61 Å². The first-order valence-corrected chi connectivity index (χ1v) is 6.66. The molecule has 0 radical (unpaired) electrons. The Hall–Kier alpha value is -0.0800. The second kappa shape index (κ2) is 5.50. The maximum Gasteiger partial charge on any atom is 0.0590 e. The quantitative estimate of drug-likeness (QED) is 0.728. The minimum atomic E-state index is 0.477. The normalized spacial score (nSPS) is 24.6. The van der Waals surface area contributed by atoms with E-state index in [1.54, 1.807) is 0 Å². The van der Waals surface area contributed by atoms with E-state index in [4.69, 9.17) is 4.74 Å². The Labute approximate surface area is 101 Å². The lowest BCUT2D eigenvalue weighted by molar-refractivity contribution is 0.0780. The molecule has 0 unspecified atom stereocenters. The maximum absolute atomic E-state index is 5.37. The average molecular weight is 227 g/mol. The molecule has 0 saturated heterocycles. The molecule has 1 aliphatic rings. The van der Waals surface area contributed by atoms with Crippen LogP contribution in [0.15, 0.2) is 0 Å². The standard InChI is InChI=1S/C14H29NO/c1-6-16-8-7-15-12-9-13(2,3)11-14(4,5)10-12/h12,15H,6-11H2,1-5H3. The molecule has 1 N–H and O–H groups in total. The molecule has 0 heterocycles. The average Bonchev–Trinajstić information content (AvgIpc) is 2.07. The van der Waals surface area contributed by atoms with Crippen LogP contribution < -0.4 is 5.32 Å². The second-order valence-electron chi connectivity index (χ2n) is 6.76. The molecular formula is C14H29NO. The van der Waals surface area contributed by atoms with Crippen LogP contribution in [0.5, 0.6) is 0 Å². The van der Waals surface area contributed by atoms with Crippen molar-refractivity contribution >= 4 is 0 Å². The third kappa shape index (κ3) is 4.84. The van der Waals surface area contributed by atoms with Gasteiger partial charge in [-0.3, -0.25) is 0 Å². The highest BCUT2D eigenvalue weighted by atomic mass is 16.5. The van der Waals surface area contributed by atoms with Crippen molar-refractivity contribution < 1.29 is 4.74 Å². The van der Waals surface area contributed by atoms with Crippen LogP contribution in [0, 0.1) is 10.8 Å². The first-order chi connectivity index (χ1) is 7.35. The summed E-state index contributed by atoms with van der Waals surface area (Å²) in [4.78, 5) is 0. The Morgan fingerprint density at radius 2 is 1.69 bits per heavy atom. The van der Waals surface area contributed by atoms with E-state index in [0.29, 0.717) is 16.9 Å². The van der Waals surface area contributed by atoms with E-state index in [9.17, 15) is 0 Å². The molecule has 1 aliphatic carbocycles. The van der Waals surface area contributed by atoms with Crippen molar-refractivity contribution in [1.82, 2.24) is 5.32 Å². The fourth-order valence-electron chi connectivity index (χ4n) is 3.47. The van der Waals surface area contributed by atoms with E-state index >= 15 is 0 Å². The summed E-state index contributed by atoms with van der Waals surface area (Å²) < 4.78 is 5.37. The van der Waals surface area contributed by atoms with Crippen LogP contribution in [0.1, 0.15) is 53.9 Å². The highest BCUT2D eigenvalue weighted by Crippen LogP contribution is 2.45. The molecule has 0 amide bonds. The third-order valence-electron chi connectivity index (χ3n) is 3.44. The molecule has 0 aliphatic heterocycles. The first-order valence-electron chi connectivity index (χ1n) is 6.66. The zero-order chi connectivity index (χ0) is 12.2. The highest BCUT2D eigenvalue weighted by molar-refractivity contribution is 4.92. The largest absolute Gasteiger partial charge is 0.380 e. The molecule has 2 heteroatoms. The second-order valence-corrected chi connectivity index (χ2v) is 6.76. The number of ether oxygens (including phenoxy) is 1. The van der Waals surface area contributed by atoms with Crippen molar-refractivity contribution in [3.63, 3.8) is 0 Å². The number of hydrogen-bond donors (Lipinski definition) is 1. The topological polar surface area (TPSA) is 21.3 Å². The Balaban J connectivity index is 2.36. The van der Waals surface area contributed by atoms with Gasteiger partial charge in [-0.2, -0.15) is 0 Å². The van der Waals surface area contributed by atoms with Crippen molar-refractivity contribution in [2.24, 2.45) is 10.8 Å². The van der Waals surface area contributed by atoms with Gasteiger partial charge in [-0.1, -0.05) is 27.7 Å². The molecule has 0 atom stereocenters. The molecule has 16 heavy (non-hydrogen) atoms. The number of nitrogens with one attached hydrogen (secondary N) is 1. The molecule has 0 aromatic carbocycles. The minimum absolute atomic E-state index is 0.477. The van der Waals surface area contributed by atoms with Crippen molar-refractivity contribution in [1.29, 1.82) is 0 Å². The molecular weight excluding hydrogens is 198 g/mol. The van der Waals surface area contributed by atoms with E-state index < -0.39 is 0 Å². The Morgan fingerprint density at radius 1 is 1.12 bits per heavy atom. The van der Waals surface area contributed by atoms with Gasteiger partial charge in [-0.05, 0) is 37.0 Å². The maximum atomic E-state index is 5.37. The SMILES string of the molecule is CCOCCNC1CC(C)(C)CC(C)(C)C1.